The summed E-state index contributed by atoms with van der Waals surface area (Å²) in [4.78, 5) is 37.5. The lowest BCUT2D eigenvalue weighted by molar-refractivity contribution is -0.145. The maximum absolute atomic E-state index is 12.5. The first kappa shape index (κ1) is 14.2. The molecule has 2 aliphatic heterocycles. The van der Waals surface area contributed by atoms with Gasteiger partial charge in [0.05, 0.1) is 12.3 Å². The second kappa shape index (κ2) is 5.55. The Balaban J connectivity index is 1.82. The van der Waals surface area contributed by atoms with E-state index in [1.807, 2.05) is 0 Å². The second-order valence-corrected chi connectivity index (χ2v) is 4.84. The summed E-state index contributed by atoms with van der Waals surface area (Å²) >= 11 is 0. The van der Waals surface area contributed by atoms with Gasteiger partial charge in [0.2, 0.25) is 0 Å². The van der Waals surface area contributed by atoms with Crippen LogP contribution in [0.5, 0.6) is 0 Å². The van der Waals surface area contributed by atoms with Gasteiger partial charge in [0.15, 0.2) is 12.1 Å². The van der Waals surface area contributed by atoms with Gasteiger partial charge < -0.3 is 4.74 Å². The van der Waals surface area contributed by atoms with Crippen molar-refractivity contribution in [2.45, 2.75) is 19.0 Å². The number of nitrogens with zero attached hydrogens (tertiary/aromatic N) is 4. The normalized spacial score (nSPS) is 23.1. The fraction of sp³-hybridized carbons (Fsp3) is 0.357. The molecular weight excluding hydrogens is 288 g/mol. The molecule has 0 saturated carbocycles. The first-order chi connectivity index (χ1) is 10.6. The van der Waals surface area contributed by atoms with E-state index in [4.69, 9.17) is 4.74 Å². The van der Waals surface area contributed by atoms with E-state index in [1.165, 1.54) is 5.01 Å². The molecule has 1 fully saturated rings. The number of hydrogen-bond acceptors (Lipinski definition) is 7. The molecule has 0 aromatic heterocycles. The summed E-state index contributed by atoms with van der Waals surface area (Å²) in [6, 6.07) is 6.83. The van der Waals surface area contributed by atoms with Crippen LogP contribution < -0.4 is 4.90 Å². The second-order valence-electron chi connectivity index (χ2n) is 4.84. The van der Waals surface area contributed by atoms with Crippen LogP contribution in [0.15, 0.2) is 40.7 Å². The zero-order valence-corrected chi connectivity index (χ0v) is 11.9. The Bertz CT molecular complexity index is 646. The van der Waals surface area contributed by atoms with Gasteiger partial charge in [-0.05, 0) is 19.1 Å². The molecule has 114 valence electrons. The average Bonchev–Trinajstić information content (AvgIpc) is 3.02. The van der Waals surface area contributed by atoms with Gasteiger partial charge in [-0.25, -0.2) is 4.90 Å². The van der Waals surface area contributed by atoms with E-state index in [0.29, 0.717) is 5.69 Å². The van der Waals surface area contributed by atoms with Gasteiger partial charge in [0.25, 0.3) is 11.8 Å². The van der Waals surface area contributed by atoms with Gasteiger partial charge in [-0.1, -0.05) is 23.4 Å². The number of anilines is 1. The van der Waals surface area contributed by atoms with Crippen molar-refractivity contribution in [2.75, 3.05) is 18.1 Å². The molecule has 1 saturated heterocycles. The molecule has 1 aromatic rings. The summed E-state index contributed by atoms with van der Waals surface area (Å²) in [7, 11) is 0. The number of imide groups is 1. The van der Waals surface area contributed by atoms with Crippen molar-refractivity contribution in [3.05, 3.63) is 30.3 Å². The third-order valence-electron chi connectivity index (χ3n) is 3.47. The van der Waals surface area contributed by atoms with E-state index >= 15 is 0 Å². The van der Waals surface area contributed by atoms with Crippen molar-refractivity contribution in [1.82, 2.24) is 5.01 Å². The van der Waals surface area contributed by atoms with Gasteiger partial charge in [-0.15, -0.1) is 0 Å². The summed E-state index contributed by atoms with van der Waals surface area (Å²) < 4.78 is 4.83. The molecule has 0 N–H and O–H groups in total. The van der Waals surface area contributed by atoms with E-state index < -0.39 is 29.9 Å². The molecule has 2 atom stereocenters. The Morgan fingerprint density at radius 2 is 1.95 bits per heavy atom. The number of esters is 1. The molecule has 22 heavy (non-hydrogen) atoms. The third-order valence-corrected chi connectivity index (χ3v) is 3.47. The fourth-order valence-electron chi connectivity index (χ4n) is 2.52. The number of fused-ring (bicyclic) bond motifs is 1. The van der Waals surface area contributed by atoms with Gasteiger partial charge in [-0.2, -0.15) is 5.11 Å². The van der Waals surface area contributed by atoms with E-state index in [0.717, 1.165) is 4.90 Å². The summed E-state index contributed by atoms with van der Waals surface area (Å²) in [5, 5.41) is 8.81. The molecule has 2 amide bonds. The lowest BCUT2D eigenvalue weighted by Gasteiger charge is -2.19. The van der Waals surface area contributed by atoms with Gasteiger partial charge >= 0.3 is 5.97 Å². The highest BCUT2D eigenvalue weighted by Gasteiger charge is 2.55. The lowest BCUT2D eigenvalue weighted by atomic mass is 10.2. The Kier molecular flexibility index (Phi) is 3.58. The SMILES string of the molecule is CCOC(=O)CN1N=N[C@@H]2C(=O)N(c3ccccc3)C(=O)[C@H]21. The highest BCUT2D eigenvalue weighted by molar-refractivity contribution is 6.25. The molecule has 1 aromatic carbocycles. The molecule has 8 nitrogen and oxygen atoms in total. The minimum atomic E-state index is -0.901. The minimum absolute atomic E-state index is 0.208. The van der Waals surface area contributed by atoms with Crippen LogP contribution in [0, 0.1) is 0 Å². The number of carbonyl (C=O) groups is 3. The number of hydrogen-bond donors (Lipinski definition) is 0. The Labute approximate surface area is 126 Å². The Morgan fingerprint density at radius 1 is 1.23 bits per heavy atom. The van der Waals surface area contributed by atoms with Crippen LogP contribution in [0.3, 0.4) is 0 Å². The summed E-state index contributed by atoms with van der Waals surface area (Å²) in [6.45, 7) is 1.72. The summed E-state index contributed by atoms with van der Waals surface area (Å²) in [5.41, 5.74) is 0.484. The number of amides is 2. The molecule has 0 bridgehead atoms. The van der Waals surface area contributed by atoms with E-state index in [9.17, 15) is 14.4 Å². The monoisotopic (exact) mass is 302 g/mol. The molecule has 2 aliphatic rings. The molecule has 8 heteroatoms. The smallest absolute Gasteiger partial charge is 0.327 e. The van der Waals surface area contributed by atoms with Crippen molar-refractivity contribution in [1.29, 1.82) is 0 Å². The zero-order chi connectivity index (χ0) is 15.7. The van der Waals surface area contributed by atoms with Crippen LogP contribution in [0.2, 0.25) is 0 Å². The molecule has 3 rings (SSSR count). The number of ether oxygens (including phenoxy) is 1. The molecular formula is C14H14N4O4. The number of para-hydroxylation sites is 1. The van der Waals surface area contributed by atoms with Crippen LogP contribution in [0.25, 0.3) is 0 Å². The average molecular weight is 302 g/mol. The van der Waals surface area contributed by atoms with Crippen molar-refractivity contribution in [3.8, 4) is 0 Å². The zero-order valence-electron chi connectivity index (χ0n) is 11.9. The van der Waals surface area contributed by atoms with Crippen molar-refractivity contribution in [2.24, 2.45) is 10.3 Å². The van der Waals surface area contributed by atoms with Crippen molar-refractivity contribution in [3.63, 3.8) is 0 Å². The largest absolute Gasteiger partial charge is 0.465 e. The molecule has 0 radical (unpaired) electrons. The fourth-order valence-corrected chi connectivity index (χ4v) is 2.52. The van der Waals surface area contributed by atoms with Crippen LogP contribution in [0.4, 0.5) is 5.69 Å². The van der Waals surface area contributed by atoms with Crippen molar-refractivity contribution >= 4 is 23.5 Å². The van der Waals surface area contributed by atoms with Crippen LogP contribution in [-0.2, 0) is 19.1 Å². The highest BCUT2D eigenvalue weighted by Crippen LogP contribution is 2.31. The molecule has 0 unspecified atom stereocenters. The number of benzene rings is 1. The van der Waals surface area contributed by atoms with E-state index in [-0.39, 0.29) is 13.2 Å². The first-order valence-electron chi connectivity index (χ1n) is 6.89. The highest BCUT2D eigenvalue weighted by atomic mass is 16.5. The number of rotatable bonds is 4. The van der Waals surface area contributed by atoms with Gasteiger partial charge in [0, 0.05) is 0 Å². The maximum Gasteiger partial charge on any atom is 0.327 e. The molecule has 2 heterocycles. The first-order valence-corrected chi connectivity index (χ1v) is 6.89. The van der Waals surface area contributed by atoms with Crippen LogP contribution in [-0.4, -0.2) is 48.0 Å². The topological polar surface area (TPSA) is 91.6 Å². The summed E-state index contributed by atoms with van der Waals surface area (Å²) in [6.07, 6.45) is 0. The van der Waals surface area contributed by atoms with Gasteiger partial charge in [-0.3, -0.25) is 19.4 Å². The molecule has 0 aliphatic carbocycles. The maximum atomic E-state index is 12.5. The summed E-state index contributed by atoms with van der Waals surface area (Å²) in [5.74, 6) is -1.38. The predicted molar refractivity (Wildman–Crippen MR) is 74.7 cm³/mol. The van der Waals surface area contributed by atoms with Crippen LogP contribution >= 0.6 is 0 Å². The Hall–Kier alpha value is -2.77. The van der Waals surface area contributed by atoms with E-state index in [2.05, 4.69) is 10.3 Å². The molecule has 0 spiro atoms. The van der Waals surface area contributed by atoms with Crippen molar-refractivity contribution < 1.29 is 19.1 Å². The standard InChI is InChI=1S/C14H14N4O4/c1-2-22-10(19)8-17-12-11(15-16-17)13(20)18(14(12)21)9-6-4-3-5-7-9/h3-7,11-12H,2,8H2,1H3/t11-,12-/m0/s1. The van der Waals surface area contributed by atoms with E-state index in [1.54, 1.807) is 37.3 Å². The third kappa shape index (κ3) is 2.22. The van der Waals surface area contributed by atoms with Gasteiger partial charge in [0.1, 0.15) is 6.54 Å². The minimum Gasteiger partial charge on any atom is -0.465 e. The van der Waals surface area contributed by atoms with Crippen LogP contribution in [0.1, 0.15) is 6.92 Å². The number of carbonyl (C=O) groups excluding carboxylic acids is 3. The Morgan fingerprint density at radius 3 is 2.64 bits per heavy atom. The quantitative estimate of drug-likeness (QED) is 0.598. The lowest BCUT2D eigenvalue weighted by Crippen LogP contribution is -2.42. The predicted octanol–water partition coefficient (Wildman–Crippen LogP) is 0.543.